The molecular weight excluding hydrogens is 284 g/mol. The van der Waals surface area contributed by atoms with Crippen LogP contribution < -0.4 is 10.6 Å². The summed E-state index contributed by atoms with van der Waals surface area (Å²) in [6.45, 7) is 9.44. The zero-order valence-electron chi connectivity index (χ0n) is 13.8. The van der Waals surface area contributed by atoms with Crippen molar-refractivity contribution in [3.05, 3.63) is 35.4 Å². The molecule has 0 aromatic heterocycles. The zero-order valence-corrected chi connectivity index (χ0v) is 14.6. The summed E-state index contributed by atoms with van der Waals surface area (Å²) >= 11 is 0. The normalized spacial score (nSPS) is 12.4. The smallest absolute Gasteiger partial charge is 0.220 e. The van der Waals surface area contributed by atoms with Gasteiger partial charge >= 0.3 is 0 Å². The number of benzene rings is 1. The van der Waals surface area contributed by atoms with Gasteiger partial charge in [0.25, 0.3) is 0 Å². The van der Waals surface area contributed by atoms with E-state index in [9.17, 15) is 4.79 Å². The third-order valence-corrected chi connectivity index (χ3v) is 3.38. The molecule has 0 aliphatic rings. The average molecular weight is 313 g/mol. The summed E-state index contributed by atoms with van der Waals surface area (Å²) in [4.78, 5) is 12.1. The van der Waals surface area contributed by atoms with Crippen molar-refractivity contribution in [2.75, 3.05) is 13.6 Å². The van der Waals surface area contributed by atoms with Crippen molar-refractivity contribution in [1.29, 1.82) is 0 Å². The van der Waals surface area contributed by atoms with Gasteiger partial charge in [-0.15, -0.1) is 12.4 Å². The Bertz CT molecular complexity index is 441. The minimum atomic E-state index is -0.00748. The molecule has 1 amide bonds. The van der Waals surface area contributed by atoms with Crippen molar-refractivity contribution < 1.29 is 4.79 Å². The number of hydrogen-bond donors (Lipinski definition) is 2. The van der Waals surface area contributed by atoms with E-state index in [2.05, 4.69) is 62.6 Å². The van der Waals surface area contributed by atoms with Gasteiger partial charge in [-0.05, 0) is 37.9 Å². The highest BCUT2D eigenvalue weighted by molar-refractivity contribution is 5.85. The Hall–Kier alpha value is -1.06. The molecule has 0 radical (unpaired) electrons. The van der Waals surface area contributed by atoms with Crippen LogP contribution in [0.5, 0.6) is 0 Å². The molecule has 120 valence electrons. The monoisotopic (exact) mass is 312 g/mol. The van der Waals surface area contributed by atoms with Gasteiger partial charge in [-0.3, -0.25) is 4.79 Å². The van der Waals surface area contributed by atoms with Crippen LogP contribution in [0.15, 0.2) is 24.3 Å². The number of halogens is 1. The number of carbonyl (C=O) groups is 1. The predicted octanol–water partition coefficient (Wildman–Crippen LogP) is 3.62. The van der Waals surface area contributed by atoms with E-state index in [0.717, 1.165) is 13.0 Å². The molecule has 1 rings (SSSR count). The minimum absolute atomic E-state index is 0. The summed E-state index contributed by atoms with van der Waals surface area (Å²) in [5.41, 5.74) is 2.40. The molecule has 0 heterocycles. The van der Waals surface area contributed by atoms with E-state index in [4.69, 9.17) is 0 Å². The number of aryl methyl sites for hydroxylation is 1. The van der Waals surface area contributed by atoms with Crippen LogP contribution in [-0.2, 0) is 4.79 Å². The van der Waals surface area contributed by atoms with Crippen molar-refractivity contribution in [3.63, 3.8) is 0 Å². The standard InChI is InChI=1S/C17H28N2O.ClH/c1-13-8-6-9-14(12-13)16(17(2,3)4)19-15(20)10-7-11-18-5;/h6,8-9,12,16,18H,7,10-11H2,1-5H3,(H,19,20);1H. The molecule has 2 N–H and O–H groups in total. The highest BCUT2D eigenvalue weighted by Crippen LogP contribution is 2.33. The molecule has 3 nitrogen and oxygen atoms in total. The lowest BCUT2D eigenvalue weighted by Gasteiger charge is -2.32. The van der Waals surface area contributed by atoms with E-state index >= 15 is 0 Å². The Morgan fingerprint density at radius 2 is 1.95 bits per heavy atom. The van der Waals surface area contributed by atoms with Crippen LogP contribution in [0.2, 0.25) is 0 Å². The Labute approximate surface area is 135 Å². The summed E-state index contributed by atoms with van der Waals surface area (Å²) in [5.74, 6) is 0.127. The maximum atomic E-state index is 12.1. The molecule has 21 heavy (non-hydrogen) atoms. The van der Waals surface area contributed by atoms with Gasteiger partial charge in [-0.25, -0.2) is 0 Å². The second kappa shape index (κ2) is 9.06. The fourth-order valence-corrected chi connectivity index (χ4v) is 2.31. The lowest BCUT2D eigenvalue weighted by Crippen LogP contribution is -2.36. The molecule has 0 fully saturated rings. The van der Waals surface area contributed by atoms with Crippen molar-refractivity contribution >= 4 is 18.3 Å². The van der Waals surface area contributed by atoms with Crippen molar-refractivity contribution in [3.8, 4) is 0 Å². The molecule has 0 aliphatic carbocycles. The van der Waals surface area contributed by atoms with Crippen LogP contribution >= 0.6 is 12.4 Å². The molecule has 0 bridgehead atoms. The van der Waals surface area contributed by atoms with E-state index in [-0.39, 0.29) is 29.8 Å². The Morgan fingerprint density at radius 1 is 1.29 bits per heavy atom. The Kier molecular flexibility index (Phi) is 8.60. The lowest BCUT2D eigenvalue weighted by molar-refractivity contribution is -0.122. The van der Waals surface area contributed by atoms with E-state index < -0.39 is 0 Å². The maximum absolute atomic E-state index is 12.1. The number of hydrogen-bond acceptors (Lipinski definition) is 2. The third kappa shape index (κ3) is 6.96. The van der Waals surface area contributed by atoms with Gasteiger partial charge in [0.15, 0.2) is 0 Å². The van der Waals surface area contributed by atoms with Gasteiger partial charge in [-0.2, -0.15) is 0 Å². The molecule has 1 unspecified atom stereocenters. The van der Waals surface area contributed by atoms with E-state index in [1.54, 1.807) is 0 Å². The first-order valence-electron chi connectivity index (χ1n) is 7.35. The molecule has 0 saturated heterocycles. The maximum Gasteiger partial charge on any atom is 0.220 e. The number of carbonyl (C=O) groups excluding carboxylic acids is 1. The van der Waals surface area contributed by atoms with Crippen molar-refractivity contribution in [2.45, 2.75) is 46.6 Å². The third-order valence-electron chi connectivity index (χ3n) is 3.38. The average Bonchev–Trinajstić information content (AvgIpc) is 2.35. The molecule has 1 aromatic rings. The van der Waals surface area contributed by atoms with Crippen LogP contribution in [0.3, 0.4) is 0 Å². The SMILES string of the molecule is CNCCCC(=O)NC(c1cccc(C)c1)C(C)(C)C.Cl. The van der Waals surface area contributed by atoms with Crippen LogP contribution in [0.4, 0.5) is 0 Å². The molecule has 0 aliphatic heterocycles. The second-order valence-corrected chi connectivity index (χ2v) is 6.49. The highest BCUT2D eigenvalue weighted by Gasteiger charge is 2.27. The predicted molar refractivity (Wildman–Crippen MR) is 91.9 cm³/mol. The van der Waals surface area contributed by atoms with E-state index in [1.807, 2.05) is 7.05 Å². The summed E-state index contributed by atoms with van der Waals surface area (Å²) < 4.78 is 0. The largest absolute Gasteiger partial charge is 0.349 e. The summed E-state index contributed by atoms with van der Waals surface area (Å²) in [7, 11) is 1.91. The van der Waals surface area contributed by atoms with Crippen molar-refractivity contribution in [1.82, 2.24) is 10.6 Å². The van der Waals surface area contributed by atoms with Gasteiger partial charge < -0.3 is 10.6 Å². The molecule has 0 saturated carbocycles. The fraction of sp³-hybridized carbons (Fsp3) is 0.588. The zero-order chi connectivity index (χ0) is 15.2. The first-order valence-corrected chi connectivity index (χ1v) is 7.35. The summed E-state index contributed by atoms with van der Waals surface area (Å²) in [5, 5.41) is 6.26. The van der Waals surface area contributed by atoms with E-state index in [0.29, 0.717) is 6.42 Å². The van der Waals surface area contributed by atoms with Crippen LogP contribution in [0.1, 0.15) is 50.8 Å². The Morgan fingerprint density at radius 3 is 2.48 bits per heavy atom. The van der Waals surface area contributed by atoms with Gasteiger partial charge in [-0.1, -0.05) is 50.6 Å². The number of nitrogens with one attached hydrogen (secondary N) is 2. The van der Waals surface area contributed by atoms with Gasteiger partial charge in [0.2, 0.25) is 5.91 Å². The van der Waals surface area contributed by atoms with Crippen LogP contribution in [0, 0.1) is 12.3 Å². The molecule has 0 spiro atoms. The fourth-order valence-electron chi connectivity index (χ4n) is 2.31. The second-order valence-electron chi connectivity index (χ2n) is 6.49. The molecular formula is C17H29ClN2O. The first kappa shape index (κ1) is 19.9. The van der Waals surface area contributed by atoms with Gasteiger partial charge in [0.05, 0.1) is 6.04 Å². The topological polar surface area (TPSA) is 41.1 Å². The molecule has 1 atom stereocenters. The lowest BCUT2D eigenvalue weighted by atomic mass is 9.82. The summed E-state index contributed by atoms with van der Waals surface area (Å²) in [6, 6.07) is 8.43. The highest BCUT2D eigenvalue weighted by atomic mass is 35.5. The van der Waals surface area contributed by atoms with Crippen molar-refractivity contribution in [2.24, 2.45) is 5.41 Å². The summed E-state index contributed by atoms with van der Waals surface area (Å²) in [6.07, 6.45) is 1.44. The Balaban J connectivity index is 0.00000400. The quantitative estimate of drug-likeness (QED) is 0.788. The van der Waals surface area contributed by atoms with E-state index in [1.165, 1.54) is 11.1 Å². The van der Waals surface area contributed by atoms with Crippen LogP contribution in [-0.4, -0.2) is 19.5 Å². The van der Waals surface area contributed by atoms with Gasteiger partial charge in [0.1, 0.15) is 0 Å². The van der Waals surface area contributed by atoms with Crippen LogP contribution in [0.25, 0.3) is 0 Å². The number of amides is 1. The van der Waals surface area contributed by atoms with Gasteiger partial charge in [0, 0.05) is 6.42 Å². The molecule has 1 aromatic carbocycles. The minimum Gasteiger partial charge on any atom is -0.349 e. The number of rotatable bonds is 6. The first-order chi connectivity index (χ1) is 9.34. The molecule has 4 heteroatoms.